The number of carbonyl (C=O) groups excluding carboxylic acids is 2. The van der Waals surface area contributed by atoms with E-state index in [0.717, 1.165) is 0 Å². The molecule has 4 unspecified atom stereocenters. The zero-order chi connectivity index (χ0) is 11.7. The zero-order valence-corrected chi connectivity index (χ0v) is 9.17. The van der Waals surface area contributed by atoms with Gasteiger partial charge in [0.2, 0.25) is 0 Å². The van der Waals surface area contributed by atoms with Crippen LogP contribution in [0.1, 0.15) is 13.8 Å². The van der Waals surface area contributed by atoms with E-state index in [-0.39, 0.29) is 12.2 Å². The minimum absolute atomic E-state index is 0.183. The molecule has 2 aliphatic heterocycles. The lowest BCUT2D eigenvalue weighted by Gasteiger charge is -2.23. The van der Waals surface area contributed by atoms with Crippen molar-refractivity contribution >= 4 is 11.9 Å². The molecule has 4 atom stereocenters. The molecule has 0 saturated carbocycles. The van der Waals surface area contributed by atoms with Gasteiger partial charge in [0.25, 0.3) is 0 Å². The Morgan fingerprint density at radius 3 is 1.50 bits per heavy atom. The normalized spacial score (nSPS) is 30.1. The first-order chi connectivity index (χ1) is 7.58. The fraction of sp³-hybridized carbons (Fsp3) is 0.800. The van der Waals surface area contributed by atoms with E-state index < -0.39 is 24.1 Å². The molecule has 0 aliphatic carbocycles. The lowest BCUT2D eigenvalue weighted by atomic mass is 10.1. The van der Waals surface area contributed by atoms with Crippen LogP contribution in [0.3, 0.4) is 0 Å². The standard InChI is InChI=1S/C10H14O6/c1-5(11)15-9(7-3-13-7)10(8-4-14-8)16-6(2)12/h7-10H,3-4H2,1-2H3. The van der Waals surface area contributed by atoms with Gasteiger partial charge in [0.05, 0.1) is 13.2 Å². The van der Waals surface area contributed by atoms with E-state index in [1.54, 1.807) is 0 Å². The van der Waals surface area contributed by atoms with Crippen LogP contribution in [0.4, 0.5) is 0 Å². The number of hydrogen-bond donors (Lipinski definition) is 0. The Morgan fingerprint density at radius 1 is 1.00 bits per heavy atom. The Hall–Kier alpha value is -1.14. The van der Waals surface area contributed by atoms with Crippen LogP contribution in [0.15, 0.2) is 0 Å². The Labute approximate surface area is 92.8 Å². The van der Waals surface area contributed by atoms with Crippen LogP contribution in [-0.2, 0) is 28.5 Å². The second kappa shape index (κ2) is 4.39. The van der Waals surface area contributed by atoms with E-state index in [1.165, 1.54) is 13.8 Å². The van der Waals surface area contributed by atoms with Crippen LogP contribution >= 0.6 is 0 Å². The summed E-state index contributed by atoms with van der Waals surface area (Å²) in [5, 5.41) is 0. The van der Waals surface area contributed by atoms with Crippen molar-refractivity contribution in [1.29, 1.82) is 0 Å². The Balaban J connectivity index is 2.01. The molecule has 2 saturated heterocycles. The van der Waals surface area contributed by atoms with Gasteiger partial charge in [0.15, 0.2) is 12.2 Å². The first-order valence-electron chi connectivity index (χ1n) is 5.15. The van der Waals surface area contributed by atoms with Gasteiger partial charge in [0.1, 0.15) is 12.2 Å². The van der Waals surface area contributed by atoms with Crippen molar-refractivity contribution in [3.63, 3.8) is 0 Å². The Kier molecular flexibility index (Phi) is 3.11. The minimum atomic E-state index is -0.561. The molecule has 6 heteroatoms. The highest BCUT2D eigenvalue weighted by Crippen LogP contribution is 2.29. The Morgan fingerprint density at radius 2 is 1.31 bits per heavy atom. The van der Waals surface area contributed by atoms with E-state index >= 15 is 0 Å². The minimum Gasteiger partial charge on any atom is -0.456 e. The van der Waals surface area contributed by atoms with Gasteiger partial charge in [0, 0.05) is 13.8 Å². The molecule has 0 aromatic rings. The second-order valence-electron chi connectivity index (χ2n) is 3.89. The summed E-state index contributed by atoms with van der Waals surface area (Å²) in [6.07, 6.45) is -1.49. The predicted molar refractivity (Wildman–Crippen MR) is 50.6 cm³/mol. The number of rotatable bonds is 5. The van der Waals surface area contributed by atoms with Crippen molar-refractivity contribution < 1.29 is 28.5 Å². The van der Waals surface area contributed by atoms with Crippen molar-refractivity contribution in [2.24, 2.45) is 0 Å². The first kappa shape index (κ1) is 11.3. The summed E-state index contributed by atoms with van der Waals surface area (Å²) < 4.78 is 20.4. The number of ether oxygens (including phenoxy) is 4. The average molecular weight is 230 g/mol. The largest absolute Gasteiger partial charge is 0.456 e. The highest BCUT2D eigenvalue weighted by molar-refractivity contribution is 5.67. The molecule has 2 rings (SSSR count). The molecule has 0 amide bonds. The van der Waals surface area contributed by atoms with Crippen molar-refractivity contribution in [2.75, 3.05) is 13.2 Å². The highest BCUT2D eigenvalue weighted by atomic mass is 16.7. The van der Waals surface area contributed by atoms with Crippen LogP contribution < -0.4 is 0 Å². The maximum absolute atomic E-state index is 11.0. The average Bonchev–Trinajstić information content (AvgIpc) is 3.01. The fourth-order valence-electron chi connectivity index (χ4n) is 1.58. The maximum atomic E-state index is 11.0. The number of esters is 2. The van der Waals surface area contributed by atoms with E-state index in [2.05, 4.69) is 0 Å². The summed E-state index contributed by atoms with van der Waals surface area (Å²) in [5.74, 6) is -0.836. The van der Waals surface area contributed by atoms with Crippen LogP contribution in [0.5, 0.6) is 0 Å². The molecule has 2 aliphatic rings. The van der Waals surface area contributed by atoms with E-state index in [1.807, 2.05) is 0 Å². The van der Waals surface area contributed by atoms with E-state index in [9.17, 15) is 9.59 Å². The molecule has 0 bridgehead atoms. The lowest BCUT2D eigenvalue weighted by molar-refractivity contribution is -0.168. The van der Waals surface area contributed by atoms with E-state index in [0.29, 0.717) is 13.2 Å². The molecular formula is C10H14O6. The molecule has 6 nitrogen and oxygen atoms in total. The van der Waals surface area contributed by atoms with Crippen molar-refractivity contribution in [2.45, 2.75) is 38.3 Å². The van der Waals surface area contributed by atoms with Gasteiger partial charge in [-0.05, 0) is 0 Å². The first-order valence-corrected chi connectivity index (χ1v) is 5.15. The molecule has 0 radical (unpaired) electrons. The smallest absolute Gasteiger partial charge is 0.303 e. The number of carbonyl (C=O) groups is 2. The summed E-state index contributed by atoms with van der Waals surface area (Å²) >= 11 is 0. The van der Waals surface area contributed by atoms with Gasteiger partial charge in [-0.2, -0.15) is 0 Å². The summed E-state index contributed by atoms with van der Waals surface area (Å²) in [7, 11) is 0. The lowest BCUT2D eigenvalue weighted by Crippen LogP contribution is -2.42. The van der Waals surface area contributed by atoms with Gasteiger partial charge in [-0.25, -0.2) is 0 Å². The SMILES string of the molecule is CC(=O)OC(C1CO1)C(OC(C)=O)C1CO1. The van der Waals surface area contributed by atoms with Gasteiger partial charge >= 0.3 is 11.9 Å². The molecule has 0 N–H and O–H groups in total. The Bertz CT molecular complexity index is 264. The molecule has 0 aromatic heterocycles. The van der Waals surface area contributed by atoms with Crippen LogP contribution in [0.2, 0.25) is 0 Å². The predicted octanol–water partition coefficient (Wildman–Crippen LogP) is -0.353. The zero-order valence-electron chi connectivity index (χ0n) is 9.17. The third-order valence-electron chi connectivity index (χ3n) is 2.38. The molecular weight excluding hydrogens is 216 g/mol. The van der Waals surface area contributed by atoms with Gasteiger partial charge < -0.3 is 18.9 Å². The van der Waals surface area contributed by atoms with E-state index in [4.69, 9.17) is 18.9 Å². The molecule has 2 heterocycles. The van der Waals surface area contributed by atoms with Gasteiger partial charge in [-0.1, -0.05) is 0 Å². The van der Waals surface area contributed by atoms with Gasteiger partial charge in [-0.15, -0.1) is 0 Å². The molecule has 0 spiro atoms. The summed E-state index contributed by atoms with van der Waals surface area (Å²) in [4.78, 5) is 21.9. The summed E-state index contributed by atoms with van der Waals surface area (Å²) in [6, 6.07) is 0. The topological polar surface area (TPSA) is 77.7 Å². The number of epoxide rings is 2. The highest BCUT2D eigenvalue weighted by Gasteiger charge is 2.49. The van der Waals surface area contributed by atoms with Gasteiger partial charge in [-0.3, -0.25) is 9.59 Å². The molecule has 0 aromatic carbocycles. The van der Waals surface area contributed by atoms with Crippen LogP contribution in [0.25, 0.3) is 0 Å². The third kappa shape index (κ3) is 2.93. The van der Waals surface area contributed by atoms with Crippen molar-refractivity contribution in [3.8, 4) is 0 Å². The van der Waals surface area contributed by atoms with Crippen molar-refractivity contribution in [3.05, 3.63) is 0 Å². The molecule has 2 fully saturated rings. The summed E-state index contributed by atoms with van der Waals surface area (Å²) in [5.41, 5.74) is 0. The fourth-order valence-corrected chi connectivity index (χ4v) is 1.58. The molecule has 16 heavy (non-hydrogen) atoms. The molecule has 90 valence electrons. The maximum Gasteiger partial charge on any atom is 0.303 e. The van der Waals surface area contributed by atoms with Crippen LogP contribution in [0, 0.1) is 0 Å². The third-order valence-corrected chi connectivity index (χ3v) is 2.38. The van der Waals surface area contributed by atoms with Crippen molar-refractivity contribution in [1.82, 2.24) is 0 Å². The number of hydrogen-bond acceptors (Lipinski definition) is 6. The second-order valence-corrected chi connectivity index (χ2v) is 3.89. The quantitative estimate of drug-likeness (QED) is 0.474. The van der Waals surface area contributed by atoms with Crippen LogP contribution in [-0.4, -0.2) is 49.6 Å². The summed E-state index contributed by atoms with van der Waals surface area (Å²) in [6.45, 7) is 3.66. The monoisotopic (exact) mass is 230 g/mol.